The van der Waals surface area contributed by atoms with Crippen LogP contribution in [0.2, 0.25) is 0 Å². The molecule has 2 aromatic rings. The fourth-order valence-corrected chi connectivity index (χ4v) is 5.00. The Morgan fingerprint density at radius 1 is 0.976 bits per heavy atom. The number of carbonyl (C=O) groups is 4. The molecule has 0 unspecified atom stereocenters. The fourth-order valence-electron chi connectivity index (χ4n) is 5.00. The van der Waals surface area contributed by atoms with Crippen molar-refractivity contribution in [1.82, 2.24) is 20.9 Å². The number of fused-ring (bicyclic) bond motifs is 11. The van der Waals surface area contributed by atoms with Crippen LogP contribution in [-0.4, -0.2) is 76.6 Å². The third-order valence-corrected chi connectivity index (χ3v) is 7.60. The van der Waals surface area contributed by atoms with Gasteiger partial charge in [0.1, 0.15) is 35.4 Å². The summed E-state index contributed by atoms with van der Waals surface area (Å²) >= 11 is 0. The molecule has 3 aliphatic heterocycles. The quantitative estimate of drug-likeness (QED) is 0.354. The van der Waals surface area contributed by atoms with Gasteiger partial charge in [0.15, 0.2) is 0 Å². The van der Waals surface area contributed by atoms with Crippen molar-refractivity contribution in [2.75, 3.05) is 19.7 Å². The van der Waals surface area contributed by atoms with Crippen molar-refractivity contribution in [3.8, 4) is 17.2 Å². The second-order valence-corrected chi connectivity index (χ2v) is 11.1. The maximum atomic E-state index is 13.6. The van der Waals surface area contributed by atoms with E-state index in [-0.39, 0.29) is 42.1 Å². The lowest BCUT2D eigenvalue weighted by Gasteiger charge is -2.34. The molecule has 220 valence electrons. The van der Waals surface area contributed by atoms with Crippen LogP contribution in [-0.2, 0) is 20.8 Å². The Kier molecular flexibility index (Phi) is 9.49. The highest BCUT2D eigenvalue weighted by atomic mass is 16.5. The van der Waals surface area contributed by atoms with E-state index in [4.69, 9.17) is 4.74 Å². The van der Waals surface area contributed by atoms with E-state index in [9.17, 15) is 29.4 Å². The van der Waals surface area contributed by atoms with Gasteiger partial charge in [0.25, 0.3) is 5.91 Å². The number of benzene rings is 2. The number of phenols is 1. The molecule has 4 bridgehead atoms. The molecule has 5 N–H and O–H groups in total. The molecule has 1 saturated heterocycles. The molecule has 0 saturated carbocycles. The van der Waals surface area contributed by atoms with Gasteiger partial charge in [-0.1, -0.05) is 26.0 Å². The SMILES string of the molecule is CC(C)[C@@H]1NC(=O)c2cc(ccc2O)Oc2ccc(cc2)C[C@@H](C(=O)N2CCC(CO)CC2)NC(=O)[C@H](C)NC1=O. The molecular formula is C30H38N4O7. The minimum Gasteiger partial charge on any atom is -0.507 e. The Morgan fingerprint density at radius 2 is 1.63 bits per heavy atom. The van der Waals surface area contributed by atoms with Crippen molar-refractivity contribution in [2.24, 2.45) is 11.8 Å². The van der Waals surface area contributed by atoms with Gasteiger partial charge in [-0.2, -0.15) is 0 Å². The first kappa shape index (κ1) is 29.9. The minimum atomic E-state index is -1.00. The number of aliphatic hydroxyl groups is 1. The first-order valence-corrected chi connectivity index (χ1v) is 14.0. The van der Waals surface area contributed by atoms with Gasteiger partial charge < -0.3 is 35.8 Å². The molecule has 0 radical (unpaired) electrons. The van der Waals surface area contributed by atoms with Crippen LogP contribution in [0.4, 0.5) is 0 Å². The first-order valence-electron chi connectivity index (χ1n) is 14.0. The number of ether oxygens (including phenoxy) is 1. The van der Waals surface area contributed by atoms with Gasteiger partial charge in [0.05, 0.1) is 5.56 Å². The van der Waals surface area contributed by atoms with Gasteiger partial charge in [-0.3, -0.25) is 19.2 Å². The van der Waals surface area contributed by atoms with Crippen molar-refractivity contribution in [2.45, 2.75) is 58.2 Å². The Bertz CT molecular complexity index is 1270. The van der Waals surface area contributed by atoms with Crippen molar-refractivity contribution in [3.63, 3.8) is 0 Å². The van der Waals surface area contributed by atoms with Gasteiger partial charge in [-0.05, 0) is 67.5 Å². The normalized spacial score (nSPS) is 22.7. The van der Waals surface area contributed by atoms with Gasteiger partial charge in [0.2, 0.25) is 17.7 Å². The standard InChI is InChI=1S/C30H38N4O7/c1-17(2)26-29(39)31-18(3)27(37)32-24(30(40)34-12-10-20(16-35)11-13-34)14-19-4-6-21(7-5-19)41-22-8-9-25(36)23(15-22)28(38)33-26/h4-9,15,17-18,20,24,26,35-36H,10-14,16H2,1-3H3,(H,31,39)(H,32,37)(H,33,38)/t18-,24-,26-/m0/s1. The molecule has 11 heteroatoms. The second-order valence-electron chi connectivity index (χ2n) is 11.1. The average Bonchev–Trinajstić information content (AvgIpc) is 2.96. The van der Waals surface area contributed by atoms with Gasteiger partial charge >= 0.3 is 0 Å². The number of rotatable bonds is 3. The highest BCUT2D eigenvalue weighted by Gasteiger charge is 2.32. The summed E-state index contributed by atoms with van der Waals surface area (Å²) in [6.45, 7) is 6.06. The van der Waals surface area contributed by atoms with Crippen LogP contribution in [0.25, 0.3) is 0 Å². The third-order valence-electron chi connectivity index (χ3n) is 7.60. The lowest BCUT2D eigenvalue weighted by atomic mass is 9.96. The van der Waals surface area contributed by atoms with E-state index in [1.54, 1.807) is 43.0 Å². The molecule has 2 aromatic carbocycles. The first-order chi connectivity index (χ1) is 19.5. The number of phenolic OH excluding ortho intramolecular Hbond substituents is 1. The molecule has 3 atom stereocenters. The zero-order chi connectivity index (χ0) is 29.7. The Labute approximate surface area is 239 Å². The van der Waals surface area contributed by atoms with Crippen LogP contribution in [0, 0.1) is 11.8 Å². The number of carbonyl (C=O) groups excluding carboxylic acids is 4. The van der Waals surface area contributed by atoms with Gasteiger partial charge in [-0.25, -0.2) is 0 Å². The smallest absolute Gasteiger partial charge is 0.255 e. The lowest BCUT2D eigenvalue weighted by molar-refractivity contribution is -0.138. The Morgan fingerprint density at radius 3 is 2.27 bits per heavy atom. The van der Waals surface area contributed by atoms with Crippen LogP contribution >= 0.6 is 0 Å². The lowest BCUT2D eigenvalue weighted by Crippen LogP contribution is -2.58. The topological polar surface area (TPSA) is 157 Å². The van der Waals surface area contributed by atoms with Crippen LogP contribution in [0.15, 0.2) is 42.5 Å². The number of nitrogens with one attached hydrogen (secondary N) is 3. The summed E-state index contributed by atoms with van der Waals surface area (Å²) in [5, 5.41) is 27.9. The molecule has 41 heavy (non-hydrogen) atoms. The highest BCUT2D eigenvalue weighted by molar-refractivity contribution is 6.00. The minimum absolute atomic E-state index is 0.0612. The zero-order valence-electron chi connectivity index (χ0n) is 23.6. The predicted octanol–water partition coefficient (Wildman–Crippen LogP) is 1.72. The maximum absolute atomic E-state index is 13.6. The zero-order valence-corrected chi connectivity index (χ0v) is 23.6. The molecule has 5 rings (SSSR count). The average molecular weight is 567 g/mol. The Balaban J connectivity index is 1.65. The van der Waals surface area contributed by atoms with E-state index < -0.39 is 35.8 Å². The number of nitrogens with zero attached hydrogens (tertiary/aromatic N) is 1. The molecule has 3 heterocycles. The monoisotopic (exact) mass is 566 g/mol. The summed E-state index contributed by atoms with van der Waals surface area (Å²) in [6.07, 6.45) is 1.59. The van der Waals surface area contributed by atoms with Gasteiger partial charge in [-0.15, -0.1) is 0 Å². The summed E-state index contributed by atoms with van der Waals surface area (Å²) in [4.78, 5) is 54.8. The fraction of sp³-hybridized carbons (Fsp3) is 0.467. The van der Waals surface area contributed by atoms with E-state index in [0.29, 0.717) is 37.4 Å². The number of likely N-dealkylation sites (tertiary alicyclic amines) is 1. The number of amides is 4. The largest absolute Gasteiger partial charge is 0.507 e. The summed E-state index contributed by atoms with van der Waals surface area (Å²) < 4.78 is 5.90. The highest BCUT2D eigenvalue weighted by Crippen LogP contribution is 2.28. The summed E-state index contributed by atoms with van der Waals surface area (Å²) in [7, 11) is 0. The number of hydrogen-bond acceptors (Lipinski definition) is 7. The summed E-state index contributed by atoms with van der Waals surface area (Å²) in [6, 6.07) is 8.40. The van der Waals surface area contributed by atoms with Crippen LogP contribution in [0.1, 0.15) is 49.5 Å². The van der Waals surface area contributed by atoms with Crippen molar-refractivity contribution in [3.05, 3.63) is 53.6 Å². The number of hydrogen-bond donors (Lipinski definition) is 5. The molecule has 0 aromatic heterocycles. The third kappa shape index (κ3) is 7.35. The summed E-state index contributed by atoms with van der Waals surface area (Å²) in [5.41, 5.74) is 0.721. The van der Waals surface area contributed by atoms with E-state index >= 15 is 0 Å². The maximum Gasteiger partial charge on any atom is 0.255 e. The number of aliphatic hydroxyl groups excluding tert-OH is 1. The summed E-state index contributed by atoms with van der Waals surface area (Å²) in [5.74, 6) is -1.69. The molecule has 11 nitrogen and oxygen atoms in total. The van der Waals surface area contributed by atoms with Crippen molar-refractivity contribution in [1.29, 1.82) is 0 Å². The molecule has 1 fully saturated rings. The Hall–Kier alpha value is -4.12. The van der Waals surface area contributed by atoms with E-state index in [1.807, 2.05) is 0 Å². The van der Waals surface area contributed by atoms with E-state index in [2.05, 4.69) is 16.0 Å². The number of aromatic hydroxyl groups is 1. The van der Waals surface area contributed by atoms with Crippen molar-refractivity contribution < 1.29 is 34.1 Å². The molecular weight excluding hydrogens is 528 g/mol. The van der Waals surface area contributed by atoms with Crippen molar-refractivity contribution >= 4 is 23.6 Å². The predicted molar refractivity (Wildman–Crippen MR) is 150 cm³/mol. The van der Waals surface area contributed by atoms with Crippen LogP contribution < -0.4 is 20.7 Å². The van der Waals surface area contributed by atoms with Crippen LogP contribution in [0.5, 0.6) is 17.2 Å². The molecule has 4 amide bonds. The molecule has 0 aliphatic carbocycles. The van der Waals surface area contributed by atoms with Crippen LogP contribution in [0.3, 0.4) is 0 Å². The van der Waals surface area contributed by atoms with Gasteiger partial charge in [0, 0.05) is 26.1 Å². The molecule has 3 aliphatic rings. The molecule has 0 spiro atoms. The van der Waals surface area contributed by atoms with E-state index in [0.717, 1.165) is 5.56 Å². The van der Waals surface area contributed by atoms with E-state index in [1.165, 1.54) is 25.1 Å². The second kappa shape index (κ2) is 13.0. The number of piperidine rings is 1.